The number of nitrogens with zero attached hydrogens (tertiary/aromatic N) is 5. The molecule has 2 aromatic heterocycles. The zero-order chi connectivity index (χ0) is 15.7. The van der Waals surface area contributed by atoms with Crippen LogP contribution in [0.3, 0.4) is 0 Å². The van der Waals surface area contributed by atoms with Gasteiger partial charge >= 0.3 is 0 Å². The molecule has 0 aromatic carbocycles. The minimum absolute atomic E-state index is 0.0845. The Morgan fingerprint density at radius 3 is 2.86 bits per heavy atom. The van der Waals surface area contributed by atoms with Gasteiger partial charge in [-0.2, -0.15) is 4.37 Å². The molecule has 1 fully saturated rings. The molecule has 0 saturated carbocycles. The summed E-state index contributed by atoms with van der Waals surface area (Å²) in [4.78, 5) is 21.5. The number of aromatic nitrogens is 3. The number of carbonyl (C=O) groups is 1. The molecule has 6 nitrogen and oxygen atoms in total. The Morgan fingerprint density at radius 2 is 2.27 bits per heavy atom. The number of imidazole rings is 1. The van der Waals surface area contributed by atoms with Gasteiger partial charge in [0.2, 0.25) is 0 Å². The van der Waals surface area contributed by atoms with Gasteiger partial charge in [0, 0.05) is 44.5 Å². The molecule has 1 atom stereocenters. The number of amides is 1. The maximum absolute atomic E-state index is 12.7. The molecule has 3 heterocycles. The SMILES string of the molecule is CCN1CCN(C(=O)c2csnc2C)CC1c1nccn1C. The van der Waals surface area contributed by atoms with E-state index in [0.29, 0.717) is 6.54 Å². The van der Waals surface area contributed by atoms with Gasteiger partial charge in [0.25, 0.3) is 5.91 Å². The van der Waals surface area contributed by atoms with E-state index in [4.69, 9.17) is 0 Å². The molecule has 7 heteroatoms. The predicted octanol–water partition coefficient (Wildman–Crippen LogP) is 1.70. The van der Waals surface area contributed by atoms with Gasteiger partial charge in [-0.05, 0) is 25.0 Å². The average molecular weight is 319 g/mol. The molecule has 22 heavy (non-hydrogen) atoms. The fourth-order valence-electron chi connectivity index (χ4n) is 2.99. The summed E-state index contributed by atoms with van der Waals surface area (Å²) in [7, 11) is 2.00. The summed E-state index contributed by atoms with van der Waals surface area (Å²) in [6.07, 6.45) is 3.77. The zero-order valence-corrected chi connectivity index (χ0v) is 14.0. The Bertz CT molecular complexity index is 664. The molecular formula is C15H21N5OS. The summed E-state index contributed by atoms with van der Waals surface area (Å²) in [5.41, 5.74) is 1.55. The van der Waals surface area contributed by atoms with Crippen molar-refractivity contribution in [1.29, 1.82) is 0 Å². The summed E-state index contributed by atoms with van der Waals surface area (Å²) in [6, 6.07) is 0.148. The van der Waals surface area contributed by atoms with Crippen molar-refractivity contribution in [3.05, 3.63) is 34.9 Å². The van der Waals surface area contributed by atoms with E-state index in [0.717, 1.165) is 36.7 Å². The Balaban J connectivity index is 1.83. The van der Waals surface area contributed by atoms with Gasteiger partial charge < -0.3 is 9.47 Å². The highest BCUT2D eigenvalue weighted by Crippen LogP contribution is 2.25. The van der Waals surface area contributed by atoms with Crippen molar-refractivity contribution in [3.63, 3.8) is 0 Å². The predicted molar refractivity (Wildman–Crippen MR) is 86.0 cm³/mol. The van der Waals surface area contributed by atoms with Crippen LogP contribution in [-0.2, 0) is 7.05 Å². The van der Waals surface area contributed by atoms with Crippen LogP contribution in [0, 0.1) is 6.92 Å². The lowest BCUT2D eigenvalue weighted by Crippen LogP contribution is -2.51. The molecule has 2 aromatic rings. The maximum atomic E-state index is 12.7. The molecule has 0 spiro atoms. The average Bonchev–Trinajstić information content (AvgIpc) is 3.14. The number of aryl methyl sites for hydroxylation is 2. The van der Waals surface area contributed by atoms with E-state index < -0.39 is 0 Å². The molecule has 3 rings (SSSR count). The van der Waals surface area contributed by atoms with E-state index in [1.807, 2.05) is 41.2 Å². The van der Waals surface area contributed by atoms with Crippen LogP contribution in [0.25, 0.3) is 0 Å². The number of hydrogen-bond donors (Lipinski definition) is 0. The molecule has 0 radical (unpaired) electrons. The van der Waals surface area contributed by atoms with Crippen molar-refractivity contribution < 1.29 is 4.79 Å². The van der Waals surface area contributed by atoms with Crippen LogP contribution >= 0.6 is 11.5 Å². The molecule has 1 unspecified atom stereocenters. The van der Waals surface area contributed by atoms with Gasteiger partial charge in [-0.1, -0.05) is 6.92 Å². The minimum atomic E-state index is 0.0845. The van der Waals surface area contributed by atoms with Crippen LogP contribution in [0.2, 0.25) is 0 Å². The summed E-state index contributed by atoms with van der Waals surface area (Å²) in [6.45, 7) is 7.30. The minimum Gasteiger partial charge on any atom is -0.337 e. The van der Waals surface area contributed by atoms with Crippen LogP contribution in [-0.4, -0.2) is 55.8 Å². The summed E-state index contributed by atoms with van der Waals surface area (Å²) in [5, 5.41) is 1.85. The van der Waals surface area contributed by atoms with Crippen molar-refractivity contribution >= 4 is 17.4 Å². The fraction of sp³-hybridized carbons (Fsp3) is 0.533. The smallest absolute Gasteiger partial charge is 0.256 e. The third-order valence-electron chi connectivity index (χ3n) is 4.32. The fourth-order valence-corrected chi connectivity index (χ4v) is 3.68. The van der Waals surface area contributed by atoms with Crippen molar-refractivity contribution in [2.24, 2.45) is 7.05 Å². The van der Waals surface area contributed by atoms with Gasteiger partial charge in [-0.3, -0.25) is 9.69 Å². The van der Waals surface area contributed by atoms with Gasteiger partial charge in [0.1, 0.15) is 5.82 Å². The Morgan fingerprint density at radius 1 is 1.45 bits per heavy atom. The summed E-state index contributed by atoms with van der Waals surface area (Å²) >= 11 is 1.34. The van der Waals surface area contributed by atoms with E-state index in [2.05, 4.69) is 21.2 Å². The van der Waals surface area contributed by atoms with Gasteiger partial charge in [0.15, 0.2) is 0 Å². The first-order valence-electron chi connectivity index (χ1n) is 7.53. The Hall–Kier alpha value is -1.73. The van der Waals surface area contributed by atoms with Gasteiger partial charge in [0.05, 0.1) is 17.3 Å². The summed E-state index contributed by atoms with van der Waals surface area (Å²) < 4.78 is 6.25. The highest BCUT2D eigenvalue weighted by atomic mass is 32.1. The molecule has 1 aliphatic rings. The largest absolute Gasteiger partial charge is 0.337 e. The van der Waals surface area contributed by atoms with E-state index >= 15 is 0 Å². The quantitative estimate of drug-likeness (QED) is 0.864. The highest BCUT2D eigenvalue weighted by molar-refractivity contribution is 7.03. The number of carbonyl (C=O) groups excluding carboxylic acids is 1. The first kappa shape index (κ1) is 15.2. The third kappa shape index (κ3) is 2.66. The van der Waals surface area contributed by atoms with Crippen LogP contribution in [0.5, 0.6) is 0 Å². The molecule has 1 saturated heterocycles. The number of hydrogen-bond acceptors (Lipinski definition) is 5. The second-order valence-corrected chi connectivity index (χ2v) is 6.23. The molecule has 118 valence electrons. The number of rotatable bonds is 3. The lowest BCUT2D eigenvalue weighted by atomic mass is 10.1. The standard InChI is InChI=1S/C15H21N5OS/c1-4-19-7-8-20(15(21)12-10-22-17-11(12)2)9-13(19)14-16-5-6-18(14)3/h5-6,10,13H,4,7-9H2,1-3H3. The third-order valence-corrected chi connectivity index (χ3v) is 5.04. The van der Waals surface area contributed by atoms with Gasteiger partial charge in [-0.25, -0.2) is 4.98 Å². The first-order valence-corrected chi connectivity index (χ1v) is 8.37. The maximum Gasteiger partial charge on any atom is 0.256 e. The molecule has 0 N–H and O–H groups in total. The van der Waals surface area contributed by atoms with Crippen LogP contribution in [0.4, 0.5) is 0 Å². The van der Waals surface area contributed by atoms with E-state index in [1.54, 1.807) is 0 Å². The van der Waals surface area contributed by atoms with Crippen molar-refractivity contribution in [1.82, 2.24) is 23.7 Å². The lowest BCUT2D eigenvalue weighted by molar-refractivity contribution is 0.0472. The first-order chi connectivity index (χ1) is 10.6. The van der Waals surface area contributed by atoms with E-state index in [1.165, 1.54) is 11.5 Å². The Labute approximate surface area is 134 Å². The topological polar surface area (TPSA) is 54.3 Å². The molecule has 0 aliphatic carbocycles. The van der Waals surface area contributed by atoms with Crippen LogP contribution in [0.1, 0.15) is 34.8 Å². The zero-order valence-electron chi connectivity index (χ0n) is 13.2. The highest BCUT2D eigenvalue weighted by Gasteiger charge is 2.32. The molecule has 0 bridgehead atoms. The number of likely N-dealkylation sites (N-methyl/N-ethyl adjacent to an activating group) is 1. The van der Waals surface area contributed by atoms with Crippen molar-refractivity contribution in [2.75, 3.05) is 26.2 Å². The van der Waals surface area contributed by atoms with Crippen LogP contribution < -0.4 is 0 Å². The van der Waals surface area contributed by atoms with E-state index in [9.17, 15) is 4.79 Å². The van der Waals surface area contributed by atoms with Crippen molar-refractivity contribution in [3.8, 4) is 0 Å². The normalized spacial score (nSPS) is 19.6. The lowest BCUT2D eigenvalue weighted by Gasteiger charge is -2.40. The van der Waals surface area contributed by atoms with E-state index in [-0.39, 0.29) is 11.9 Å². The summed E-state index contributed by atoms with van der Waals surface area (Å²) in [5.74, 6) is 1.10. The van der Waals surface area contributed by atoms with Crippen LogP contribution in [0.15, 0.2) is 17.8 Å². The molecule has 1 amide bonds. The number of piperazine rings is 1. The second kappa shape index (κ2) is 6.18. The molecule has 1 aliphatic heterocycles. The second-order valence-electron chi connectivity index (χ2n) is 5.61. The monoisotopic (exact) mass is 319 g/mol. The van der Waals surface area contributed by atoms with Gasteiger partial charge in [-0.15, -0.1) is 0 Å². The molecular weight excluding hydrogens is 298 g/mol. The Kier molecular flexibility index (Phi) is 4.26. The van der Waals surface area contributed by atoms with Crippen molar-refractivity contribution in [2.45, 2.75) is 19.9 Å².